The zero-order valence-corrected chi connectivity index (χ0v) is 12.2. The van der Waals surface area contributed by atoms with Crippen molar-refractivity contribution < 1.29 is 4.79 Å². The van der Waals surface area contributed by atoms with Gasteiger partial charge in [0.2, 0.25) is 0 Å². The average Bonchev–Trinajstić information content (AvgIpc) is 2.54. The monoisotopic (exact) mass is 274 g/mol. The number of nitrogens with zero attached hydrogens (tertiary/aromatic N) is 1. The maximum atomic E-state index is 12.5. The molecule has 0 bridgehead atoms. The van der Waals surface area contributed by atoms with Crippen molar-refractivity contribution >= 4 is 17.6 Å². The lowest BCUT2D eigenvalue weighted by Crippen LogP contribution is -2.44. The molecule has 5 nitrogen and oxygen atoms in total. The standard InChI is InChI=1S/C15H22N4O/c1-10(2)8-15(3)13(20)19(14(17)18-15)9-11-4-6-12(16)7-5-11/h4-7,10H,8-9,16H2,1-3H3,(H2,17,18). The van der Waals surface area contributed by atoms with Gasteiger partial charge in [0.1, 0.15) is 5.54 Å². The fraction of sp³-hybridized carbons (Fsp3) is 0.467. The van der Waals surface area contributed by atoms with Gasteiger partial charge in [-0.3, -0.25) is 15.1 Å². The first-order valence-electron chi connectivity index (χ1n) is 6.85. The molecule has 1 atom stereocenters. The normalized spacial score (nSPS) is 22.5. The van der Waals surface area contributed by atoms with Crippen LogP contribution in [0.5, 0.6) is 0 Å². The summed E-state index contributed by atoms with van der Waals surface area (Å²) in [6.45, 7) is 6.42. The lowest BCUT2D eigenvalue weighted by molar-refractivity contribution is -0.131. The number of nitrogens with two attached hydrogens (primary N) is 1. The minimum Gasteiger partial charge on any atom is -0.399 e. The number of anilines is 1. The lowest BCUT2D eigenvalue weighted by Gasteiger charge is -2.24. The number of amides is 1. The number of nitrogen functional groups attached to an aromatic ring is 1. The highest BCUT2D eigenvalue weighted by Gasteiger charge is 2.45. The molecule has 1 unspecified atom stereocenters. The number of carbonyl (C=O) groups is 1. The van der Waals surface area contributed by atoms with Crippen LogP contribution < -0.4 is 11.1 Å². The van der Waals surface area contributed by atoms with Crippen LogP contribution >= 0.6 is 0 Å². The van der Waals surface area contributed by atoms with Crippen LogP contribution in [0.3, 0.4) is 0 Å². The van der Waals surface area contributed by atoms with Gasteiger partial charge >= 0.3 is 0 Å². The number of hydrogen-bond donors (Lipinski definition) is 3. The van der Waals surface area contributed by atoms with Crippen molar-refractivity contribution in [3.8, 4) is 0 Å². The Bertz CT molecular complexity index is 523. The van der Waals surface area contributed by atoms with E-state index in [9.17, 15) is 4.79 Å². The Balaban J connectivity index is 2.15. The van der Waals surface area contributed by atoms with E-state index in [1.807, 2.05) is 19.1 Å². The molecular formula is C15H22N4O. The molecule has 5 heteroatoms. The zero-order chi connectivity index (χ0) is 14.9. The predicted molar refractivity (Wildman–Crippen MR) is 80.1 cm³/mol. The molecule has 108 valence electrons. The summed E-state index contributed by atoms with van der Waals surface area (Å²) < 4.78 is 0. The molecule has 0 radical (unpaired) electrons. The van der Waals surface area contributed by atoms with E-state index in [1.165, 1.54) is 4.90 Å². The molecule has 0 spiro atoms. The largest absolute Gasteiger partial charge is 0.399 e. The third-order valence-electron chi connectivity index (χ3n) is 3.52. The van der Waals surface area contributed by atoms with Crippen LogP contribution in [0.2, 0.25) is 0 Å². The Morgan fingerprint density at radius 1 is 1.35 bits per heavy atom. The summed E-state index contributed by atoms with van der Waals surface area (Å²) in [7, 11) is 0. The summed E-state index contributed by atoms with van der Waals surface area (Å²) in [5, 5.41) is 11.0. The maximum absolute atomic E-state index is 12.5. The maximum Gasteiger partial charge on any atom is 0.255 e. The number of nitrogens with one attached hydrogen (secondary N) is 2. The number of guanidine groups is 1. The zero-order valence-electron chi connectivity index (χ0n) is 12.2. The smallest absolute Gasteiger partial charge is 0.255 e. The minimum atomic E-state index is -0.668. The Morgan fingerprint density at radius 2 is 1.95 bits per heavy atom. The summed E-state index contributed by atoms with van der Waals surface area (Å²) in [6, 6.07) is 7.38. The lowest BCUT2D eigenvalue weighted by atomic mass is 9.91. The predicted octanol–water partition coefficient (Wildman–Crippen LogP) is 1.94. The summed E-state index contributed by atoms with van der Waals surface area (Å²) in [5.74, 6) is 0.531. The van der Waals surface area contributed by atoms with Gasteiger partial charge in [0.05, 0.1) is 6.54 Å². The van der Waals surface area contributed by atoms with Crippen LogP contribution in [0.4, 0.5) is 5.69 Å². The number of carbonyl (C=O) groups excluding carboxylic acids is 1. The first-order valence-corrected chi connectivity index (χ1v) is 6.85. The molecular weight excluding hydrogens is 252 g/mol. The quantitative estimate of drug-likeness (QED) is 0.734. The summed E-state index contributed by atoms with van der Waals surface area (Å²) >= 11 is 0. The van der Waals surface area contributed by atoms with Gasteiger partial charge in [-0.05, 0) is 37.0 Å². The van der Waals surface area contributed by atoms with Gasteiger partial charge in [-0.1, -0.05) is 26.0 Å². The second-order valence-corrected chi connectivity index (χ2v) is 6.04. The molecule has 1 amide bonds. The molecule has 1 heterocycles. The summed E-state index contributed by atoms with van der Waals surface area (Å²) in [5.41, 5.74) is 6.64. The minimum absolute atomic E-state index is 0.0342. The van der Waals surface area contributed by atoms with Gasteiger partial charge in [-0.15, -0.1) is 0 Å². The van der Waals surface area contributed by atoms with Crippen molar-refractivity contribution in [3.05, 3.63) is 29.8 Å². The molecule has 1 fully saturated rings. The Labute approximate surface area is 119 Å². The number of benzene rings is 1. The average molecular weight is 274 g/mol. The van der Waals surface area contributed by atoms with Crippen molar-refractivity contribution in [2.24, 2.45) is 5.92 Å². The van der Waals surface area contributed by atoms with E-state index in [1.54, 1.807) is 12.1 Å². The van der Waals surface area contributed by atoms with Crippen molar-refractivity contribution in [2.75, 3.05) is 5.73 Å². The summed E-state index contributed by atoms with van der Waals surface area (Å²) in [6.07, 6.45) is 0.715. The van der Waals surface area contributed by atoms with E-state index in [-0.39, 0.29) is 11.9 Å². The third kappa shape index (κ3) is 2.76. The first kappa shape index (κ1) is 14.4. The highest BCUT2D eigenvalue weighted by molar-refractivity contribution is 6.07. The molecule has 0 saturated carbocycles. The summed E-state index contributed by atoms with van der Waals surface area (Å²) in [4.78, 5) is 14.0. The van der Waals surface area contributed by atoms with Crippen LogP contribution in [-0.2, 0) is 11.3 Å². The van der Waals surface area contributed by atoms with E-state index >= 15 is 0 Å². The van der Waals surface area contributed by atoms with Gasteiger partial charge in [0, 0.05) is 5.69 Å². The van der Waals surface area contributed by atoms with E-state index in [4.69, 9.17) is 11.1 Å². The van der Waals surface area contributed by atoms with Crippen molar-refractivity contribution in [3.63, 3.8) is 0 Å². The first-order chi connectivity index (χ1) is 9.32. The molecule has 1 aromatic rings. The van der Waals surface area contributed by atoms with Gasteiger partial charge < -0.3 is 11.1 Å². The number of rotatable bonds is 4. The molecule has 4 N–H and O–H groups in total. The SMILES string of the molecule is CC(C)CC1(C)NC(=N)N(Cc2ccc(N)cc2)C1=O. The topological polar surface area (TPSA) is 82.2 Å². The van der Waals surface area contributed by atoms with Gasteiger partial charge in [-0.2, -0.15) is 0 Å². The van der Waals surface area contributed by atoms with Gasteiger partial charge in [-0.25, -0.2) is 0 Å². The number of hydrogen-bond acceptors (Lipinski definition) is 3. The van der Waals surface area contributed by atoms with E-state index in [2.05, 4.69) is 19.2 Å². The van der Waals surface area contributed by atoms with Gasteiger partial charge in [0.25, 0.3) is 5.91 Å². The molecule has 1 saturated heterocycles. The Kier molecular flexibility index (Phi) is 3.70. The van der Waals surface area contributed by atoms with Crippen LogP contribution in [-0.4, -0.2) is 22.3 Å². The fourth-order valence-corrected chi connectivity index (χ4v) is 2.69. The molecule has 0 aliphatic carbocycles. The second-order valence-electron chi connectivity index (χ2n) is 6.04. The third-order valence-corrected chi connectivity index (χ3v) is 3.52. The van der Waals surface area contributed by atoms with E-state index in [0.717, 1.165) is 5.56 Å². The molecule has 0 aromatic heterocycles. The fourth-order valence-electron chi connectivity index (χ4n) is 2.69. The second kappa shape index (κ2) is 5.15. The molecule has 1 aliphatic heterocycles. The highest BCUT2D eigenvalue weighted by atomic mass is 16.2. The van der Waals surface area contributed by atoms with Crippen LogP contribution in [0.25, 0.3) is 0 Å². The van der Waals surface area contributed by atoms with Crippen molar-refractivity contribution in [2.45, 2.75) is 39.3 Å². The van der Waals surface area contributed by atoms with Crippen LogP contribution in [0.1, 0.15) is 32.8 Å². The molecule has 1 aliphatic rings. The molecule has 1 aromatic carbocycles. The highest BCUT2D eigenvalue weighted by Crippen LogP contribution is 2.25. The van der Waals surface area contributed by atoms with E-state index < -0.39 is 5.54 Å². The van der Waals surface area contributed by atoms with E-state index in [0.29, 0.717) is 24.6 Å². The molecule has 2 rings (SSSR count). The molecule has 20 heavy (non-hydrogen) atoms. The van der Waals surface area contributed by atoms with Crippen molar-refractivity contribution in [1.29, 1.82) is 5.41 Å². The van der Waals surface area contributed by atoms with Crippen LogP contribution in [0.15, 0.2) is 24.3 Å². The Morgan fingerprint density at radius 3 is 2.50 bits per heavy atom. The Hall–Kier alpha value is -2.04. The van der Waals surface area contributed by atoms with Crippen molar-refractivity contribution in [1.82, 2.24) is 10.2 Å². The van der Waals surface area contributed by atoms with Gasteiger partial charge in [0.15, 0.2) is 5.96 Å². The van der Waals surface area contributed by atoms with Crippen LogP contribution in [0, 0.1) is 11.3 Å².